The van der Waals surface area contributed by atoms with E-state index in [-0.39, 0.29) is 18.5 Å². The fraction of sp³-hybridized carbons (Fsp3) is 0.350. The van der Waals surface area contributed by atoms with Crippen molar-refractivity contribution in [2.75, 3.05) is 26.1 Å². The lowest BCUT2D eigenvalue weighted by Gasteiger charge is -2.15. The maximum Gasteiger partial charge on any atom is 0.309 e. The molecule has 1 aliphatic carbocycles. The van der Waals surface area contributed by atoms with Crippen LogP contribution in [0.15, 0.2) is 35.7 Å². The molecule has 0 unspecified atom stereocenters. The molecule has 0 aliphatic heterocycles. The summed E-state index contributed by atoms with van der Waals surface area (Å²) in [5.74, 6) is 0.418. The molecular weight excluding hydrogens is 380 g/mol. The Balaban J connectivity index is 1.59. The molecule has 28 heavy (non-hydrogen) atoms. The van der Waals surface area contributed by atoms with E-state index < -0.39 is 5.91 Å². The first-order valence-corrected chi connectivity index (χ1v) is 9.78. The number of nitrogens with one attached hydrogen (secondary N) is 1. The molecular formula is C20H22N2O5S. The van der Waals surface area contributed by atoms with E-state index in [1.807, 2.05) is 23.6 Å². The molecule has 1 aromatic heterocycles. The second kappa shape index (κ2) is 9.36. The first-order chi connectivity index (χ1) is 13.6. The first kappa shape index (κ1) is 19.9. The highest BCUT2D eigenvalue weighted by Gasteiger charge is 2.21. The Morgan fingerprint density at radius 2 is 2.11 bits per heavy atom. The van der Waals surface area contributed by atoms with Crippen LogP contribution in [0.5, 0.6) is 11.5 Å². The van der Waals surface area contributed by atoms with Crippen LogP contribution in [-0.2, 0) is 14.3 Å². The molecule has 1 aliphatic rings. The number of allylic oxidation sites excluding steroid dienone is 2. The Labute approximate surface area is 167 Å². The van der Waals surface area contributed by atoms with Crippen molar-refractivity contribution in [3.63, 3.8) is 0 Å². The van der Waals surface area contributed by atoms with Crippen molar-refractivity contribution in [3.05, 3.63) is 35.7 Å². The van der Waals surface area contributed by atoms with E-state index in [0.717, 1.165) is 18.4 Å². The van der Waals surface area contributed by atoms with Crippen LogP contribution in [0.4, 0.5) is 5.13 Å². The van der Waals surface area contributed by atoms with Crippen molar-refractivity contribution in [1.29, 1.82) is 0 Å². The molecule has 148 valence electrons. The Morgan fingerprint density at radius 3 is 2.82 bits per heavy atom. The zero-order valence-electron chi connectivity index (χ0n) is 15.8. The summed E-state index contributed by atoms with van der Waals surface area (Å²) in [6.07, 6.45) is 6.31. The van der Waals surface area contributed by atoms with Gasteiger partial charge in [-0.1, -0.05) is 12.2 Å². The van der Waals surface area contributed by atoms with Gasteiger partial charge in [-0.3, -0.25) is 14.9 Å². The van der Waals surface area contributed by atoms with E-state index in [4.69, 9.17) is 14.2 Å². The largest absolute Gasteiger partial charge is 0.497 e. The third kappa shape index (κ3) is 4.89. The summed E-state index contributed by atoms with van der Waals surface area (Å²) >= 11 is 1.28. The van der Waals surface area contributed by atoms with Crippen molar-refractivity contribution in [2.24, 2.45) is 5.92 Å². The highest BCUT2D eigenvalue weighted by Crippen LogP contribution is 2.35. The standard InChI is InChI=1S/C20H22N2O5S/c1-25-14-8-9-17(26-2)15(10-14)16-12-28-20(21-16)22-18(23)11-27-19(24)13-6-4-3-5-7-13/h3-4,8-10,12-13H,5-7,11H2,1-2H3,(H,21,22,23)/t13-/m0/s1. The van der Waals surface area contributed by atoms with Crippen LogP contribution in [0, 0.1) is 5.92 Å². The van der Waals surface area contributed by atoms with Crippen LogP contribution >= 0.6 is 11.3 Å². The molecule has 7 nitrogen and oxygen atoms in total. The SMILES string of the molecule is COc1ccc(OC)c(-c2csc(NC(=O)COC(=O)[C@H]3CC=CCC3)n2)c1. The Kier molecular flexibility index (Phi) is 6.65. The van der Waals surface area contributed by atoms with Crippen LogP contribution < -0.4 is 14.8 Å². The number of ether oxygens (including phenoxy) is 3. The number of benzene rings is 1. The van der Waals surface area contributed by atoms with Crippen molar-refractivity contribution in [1.82, 2.24) is 4.98 Å². The number of carbonyl (C=O) groups is 2. The van der Waals surface area contributed by atoms with Crippen molar-refractivity contribution in [2.45, 2.75) is 19.3 Å². The van der Waals surface area contributed by atoms with Crippen LogP contribution in [0.2, 0.25) is 0 Å². The molecule has 2 aromatic rings. The minimum Gasteiger partial charge on any atom is -0.497 e. The van der Waals surface area contributed by atoms with Gasteiger partial charge in [-0.2, -0.15) is 0 Å². The zero-order chi connectivity index (χ0) is 19.9. The first-order valence-electron chi connectivity index (χ1n) is 8.90. The highest BCUT2D eigenvalue weighted by atomic mass is 32.1. The van der Waals surface area contributed by atoms with Gasteiger partial charge in [0, 0.05) is 10.9 Å². The average Bonchev–Trinajstić information content (AvgIpc) is 3.20. The molecule has 1 aromatic carbocycles. The number of rotatable bonds is 7. The van der Waals surface area contributed by atoms with Gasteiger partial charge in [-0.05, 0) is 37.5 Å². The van der Waals surface area contributed by atoms with E-state index in [2.05, 4.69) is 10.3 Å². The predicted octanol–water partition coefficient (Wildman–Crippen LogP) is 3.67. The van der Waals surface area contributed by atoms with Crippen LogP contribution in [0.1, 0.15) is 19.3 Å². The quantitative estimate of drug-likeness (QED) is 0.562. The number of thiazole rings is 1. The lowest BCUT2D eigenvalue weighted by atomic mass is 9.95. The normalized spacial score (nSPS) is 15.7. The number of hydrogen-bond acceptors (Lipinski definition) is 7. The highest BCUT2D eigenvalue weighted by molar-refractivity contribution is 7.14. The summed E-state index contributed by atoms with van der Waals surface area (Å²) in [5.41, 5.74) is 1.41. The molecule has 0 fully saturated rings. The second-order valence-corrected chi connectivity index (χ2v) is 7.10. The van der Waals surface area contributed by atoms with Gasteiger partial charge in [-0.15, -0.1) is 11.3 Å². The molecule has 8 heteroatoms. The predicted molar refractivity (Wildman–Crippen MR) is 107 cm³/mol. The van der Waals surface area contributed by atoms with Gasteiger partial charge in [-0.25, -0.2) is 4.98 Å². The smallest absolute Gasteiger partial charge is 0.309 e. The number of carbonyl (C=O) groups excluding carboxylic acids is 2. The van der Waals surface area contributed by atoms with Gasteiger partial charge < -0.3 is 14.2 Å². The maximum absolute atomic E-state index is 12.1. The summed E-state index contributed by atoms with van der Waals surface area (Å²) in [7, 11) is 3.17. The fourth-order valence-electron chi connectivity index (χ4n) is 2.89. The topological polar surface area (TPSA) is 86.8 Å². The lowest BCUT2D eigenvalue weighted by Crippen LogP contribution is -2.25. The molecule has 1 amide bonds. The van der Waals surface area contributed by atoms with E-state index in [9.17, 15) is 9.59 Å². The van der Waals surface area contributed by atoms with Gasteiger partial charge >= 0.3 is 5.97 Å². The molecule has 0 spiro atoms. The van der Waals surface area contributed by atoms with Gasteiger partial charge in [0.15, 0.2) is 11.7 Å². The third-order valence-corrected chi connectivity index (χ3v) is 5.14. The molecule has 1 N–H and O–H groups in total. The summed E-state index contributed by atoms with van der Waals surface area (Å²) < 4.78 is 15.7. The second-order valence-electron chi connectivity index (χ2n) is 6.24. The van der Waals surface area contributed by atoms with E-state index >= 15 is 0 Å². The van der Waals surface area contributed by atoms with Gasteiger partial charge in [0.1, 0.15) is 11.5 Å². The van der Waals surface area contributed by atoms with E-state index in [1.54, 1.807) is 26.4 Å². The molecule has 3 rings (SSSR count). The number of amides is 1. The monoisotopic (exact) mass is 402 g/mol. The third-order valence-electron chi connectivity index (χ3n) is 4.38. The molecule has 0 saturated carbocycles. The van der Waals surface area contributed by atoms with Crippen molar-refractivity contribution in [3.8, 4) is 22.8 Å². The number of methoxy groups -OCH3 is 2. The maximum atomic E-state index is 12.1. The molecule has 0 bridgehead atoms. The van der Waals surface area contributed by atoms with Gasteiger partial charge in [0.2, 0.25) is 0 Å². The number of esters is 1. The van der Waals surface area contributed by atoms with Crippen molar-refractivity contribution < 1.29 is 23.8 Å². The molecule has 1 atom stereocenters. The molecule has 0 saturated heterocycles. The Hall–Kier alpha value is -2.87. The number of hydrogen-bond donors (Lipinski definition) is 1. The number of nitrogens with zero attached hydrogens (tertiary/aromatic N) is 1. The fourth-order valence-corrected chi connectivity index (χ4v) is 3.61. The average molecular weight is 402 g/mol. The summed E-state index contributed by atoms with van der Waals surface area (Å²) in [6, 6.07) is 5.42. The Bertz CT molecular complexity index is 877. The minimum absolute atomic E-state index is 0.162. The van der Waals surface area contributed by atoms with Crippen LogP contribution in [0.25, 0.3) is 11.3 Å². The Morgan fingerprint density at radius 1 is 1.25 bits per heavy atom. The van der Waals surface area contributed by atoms with E-state index in [1.165, 1.54) is 11.3 Å². The number of anilines is 1. The van der Waals surface area contributed by atoms with Crippen LogP contribution in [-0.4, -0.2) is 37.7 Å². The van der Waals surface area contributed by atoms with Gasteiger partial charge in [0.25, 0.3) is 5.91 Å². The summed E-state index contributed by atoms with van der Waals surface area (Å²) in [5, 5.41) is 4.89. The summed E-state index contributed by atoms with van der Waals surface area (Å²) in [6.45, 7) is -0.323. The van der Waals surface area contributed by atoms with E-state index in [0.29, 0.717) is 28.7 Å². The molecule has 1 heterocycles. The lowest BCUT2D eigenvalue weighted by molar-refractivity contribution is -0.151. The zero-order valence-corrected chi connectivity index (χ0v) is 16.6. The number of aromatic nitrogens is 1. The molecule has 0 radical (unpaired) electrons. The van der Waals surface area contributed by atoms with Crippen molar-refractivity contribution >= 4 is 28.3 Å². The summed E-state index contributed by atoms with van der Waals surface area (Å²) in [4.78, 5) is 28.5. The van der Waals surface area contributed by atoms with Gasteiger partial charge in [0.05, 0.1) is 25.8 Å². The van der Waals surface area contributed by atoms with Crippen LogP contribution in [0.3, 0.4) is 0 Å². The minimum atomic E-state index is -0.418.